The zero-order valence-corrected chi connectivity index (χ0v) is 9.33. The van der Waals surface area contributed by atoms with Crippen LogP contribution in [0.4, 0.5) is 0 Å². The molecular weight excluding hydrogens is 176 g/mol. The van der Waals surface area contributed by atoms with Crippen molar-refractivity contribution in [3.63, 3.8) is 0 Å². The zero-order valence-electron chi connectivity index (χ0n) is 9.33. The largest absolute Gasteiger partial charge is 0.392 e. The molecule has 82 valence electrons. The number of carbonyl (C=O) groups is 1. The second kappa shape index (κ2) is 5.50. The molecule has 0 aromatic rings. The summed E-state index contributed by atoms with van der Waals surface area (Å²) in [5.74, 6) is 0.727. The Bertz CT molecular complexity index is 181. The van der Waals surface area contributed by atoms with Gasteiger partial charge in [-0.2, -0.15) is 0 Å². The first-order chi connectivity index (χ1) is 6.61. The van der Waals surface area contributed by atoms with Gasteiger partial charge in [0.15, 0.2) is 0 Å². The molecule has 0 aliphatic heterocycles. The van der Waals surface area contributed by atoms with E-state index in [1.807, 2.05) is 13.8 Å². The highest BCUT2D eigenvalue weighted by Gasteiger charge is 2.23. The number of carbonyl (C=O) groups excluding carboxylic acids is 1. The lowest BCUT2D eigenvalue weighted by atomic mass is 9.83. The van der Waals surface area contributed by atoms with Crippen LogP contribution in [-0.2, 0) is 4.79 Å². The van der Waals surface area contributed by atoms with Crippen molar-refractivity contribution in [2.75, 3.05) is 0 Å². The Balaban J connectivity index is 2.33. The van der Waals surface area contributed by atoms with Gasteiger partial charge in [-0.05, 0) is 18.8 Å². The van der Waals surface area contributed by atoms with E-state index in [1.54, 1.807) is 0 Å². The van der Waals surface area contributed by atoms with Crippen molar-refractivity contribution in [3.05, 3.63) is 0 Å². The van der Waals surface area contributed by atoms with Crippen LogP contribution < -0.4 is 0 Å². The van der Waals surface area contributed by atoms with Gasteiger partial charge in [-0.3, -0.25) is 4.79 Å². The van der Waals surface area contributed by atoms with Gasteiger partial charge in [-0.15, -0.1) is 0 Å². The van der Waals surface area contributed by atoms with Crippen LogP contribution in [0.2, 0.25) is 0 Å². The van der Waals surface area contributed by atoms with Gasteiger partial charge in [0.05, 0.1) is 6.10 Å². The van der Waals surface area contributed by atoms with E-state index in [4.69, 9.17) is 0 Å². The van der Waals surface area contributed by atoms with E-state index in [2.05, 4.69) is 0 Å². The lowest BCUT2D eigenvalue weighted by Crippen LogP contribution is -2.25. The minimum Gasteiger partial charge on any atom is -0.392 e. The van der Waals surface area contributed by atoms with E-state index in [-0.39, 0.29) is 17.6 Å². The van der Waals surface area contributed by atoms with Crippen LogP contribution in [0.15, 0.2) is 0 Å². The number of rotatable bonds is 4. The summed E-state index contributed by atoms with van der Waals surface area (Å²) >= 11 is 0. The van der Waals surface area contributed by atoms with Gasteiger partial charge in [0.2, 0.25) is 0 Å². The first-order valence-corrected chi connectivity index (χ1v) is 5.82. The Morgan fingerprint density at radius 2 is 1.86 bits per heavy atom. The van der Waals surface area contributed by atoms with Crippen LogP contribution in [0.1, 0.15) is 52.4 Å². The molecule has 0 unspecified atom stereocenters. The van der Waals surface area contributed by atoms with E-state index >= 15 is 0 Å². The molecule has 2 heteroatoms. The number of aliphatic hydroxyl groups excluding tert-OH is 1. The zero-order chi connectivity index (χ0) is 10.6. The van der Waals surface area contributed by atoms with Gasteiger partial charge < -0.3 is 5.11 Å². The van der Waals surface area contributed by atoms with E-state index < -0.39 is 6.10 Å². The molecule has 0 spiro atoms. The Labute approximate surface area is 86.7 Å². The number of hydrogen-bond acceptors (Lipinski definition) is 2. The van der Waals surface area contributed by atoms with Crippen LogP contribution >= 0.6 is 0 Å². The average molecular weight is 198 g/mol. The molecule has 0 bridgehead atoms. The summed E-state index contributed by atoms with van der Waals surface area (Å²) in [5.41, 5.74) is 0. The molecular formula is C12H22O2. The third kappa shape index (κ3) is 3.41. The standard InChI is InChI=1S/C12H22O2/c1-9(2)11(13)8-12(14)10-6-4-3-5-7-10/h9-11,13H,3-8H2,1-2H3/t11-/m1/s1. The summed E-state index contributed by atoms with van der Waals surface area (Å²) in [4.78, 5) is 11.8. The van der Waals surface area contributed by atoms with Crippen LogP contribution in [-0.4, -0.2) is 17.0 Å². The third-order valence-electron chi connectivity index (χ3n) is 3.24. The van der Waals surface area contributed by atoms with E-state index in [0.29, 0.717) is 6.42 Å². The summed E-state index contributed by atoms with van der Waals surface area (Å²) in [6.45, 7) is 3.91. The molecule has 0 radical (unpaired) electrons. The SMILES string of the molecule is CC(C)[C@H](O)CC(=O)C1CCCCC1. The van der Waals surface area contributed by atoms with Crippen LogP contribution in [0.25, 0.3) is 0 Å². The Morgan fingerprint density at radius 1 is 1.29 bits per heavy atom. The van der Waals surface area contributed by atoms with E-state index in [1.165, 1.54) is 19.3 Å². The predicted octanol–water partition coefficient (Wildman–Crippen LogP) is 2.54. The minimum atomic E-state index is -0.440. The molecule has 2 nitrogen and oxygen atoms in total. The molecule has 0 heterocycles. The van der Waals surface area contributed by atoms with Gasteiger partial charge in [0.1, 0.15) is 5.78 Å². The van der Waals surface area contributed by atoms with E-state index in [0.717, 1.165) is 12.8 Å². The molecule has 0 aromatic heterocycles. The molecule has 1 atom stereocenters. The highest BCUT2D eigenvalue weighted by atomic mass is 16.3. The molecule has 1 fully saturated rings. The van der Waals surface area contributed by atoms with Crippen molar-refractivity contribution in [1.82, 2.24) is 0 Å². The van der Waals surface area contributed by atoms with Crippen LogP contribution in [0.5, 0.6) is 0 Å². The summed E-state index contributed by atoms with van der Waals surface area (Å²) in [6, 6.07) is 0. The second-order valence-corrected chi connectivity index (χ2v) is 4.82. The van der Waals surface area contributed by atoms with Crippen LogP contribution in [0.3, 0.4) is 0 Å². The van der Waals surface area contributed by atoms with Gasteiger partial charge in [0, 0.05) is 12.3 Å². The predicted molar refractivity (Wildman–Crippen MR) is 57.0 cm³/mol. The maximum Gasteiger partial charge on any atom is 0.138 e. The first kappa shape index (κ1) is 11.7. The Kier molecular flexibility index (Phi) is 4.59. The highest BCUT2D eigenvalue weighted by molar-refractivity contribution is 5.81. The van der Waals surface area contributed by atoms with Crippen molar-refractivity contribution < 1.29 is 9.90 Å². The molecule has 1 aliphatic rings. The smallest absolute Gasteiger partial charge is 0.138 e. The number of hydrogen-bond donors (Lipinski definition) is 1. The second-order valence-electron chi connectivity index (χ2n) is 4.82. The van der Waals surface area contributed by atoms with E-state index in [9.17, 15) is 9.90 Å². The van der Waals surface area contributed by atoms with Crippen molar-refractivity contribution in [3.8, 4) is 0 Å². The van der Waals surface area contributed by atoms with Gasteiger partial charge >= 0.3 is 0 Å². The highest BCUT2D eigenvalue weighted by Crippen LogP contribution is 2.26. The Hall–Kier alpha value is -0.370. The van der Waals surface area contributed by atoms with Crippen molar-refractivity contribution in [2.45, 2.75) is 58.5 Å². The van der Waals surface area contributed by atoms with Gasteiger partial charge in [-0.25, -0.2) is 0 Å². The monoisotopic (exact) mass is 198 g/mol. The molecule has 1 rings (SSSR count). The van der Waals surface area contributed by atoms with Crippen molar-refractivity contribution >= 4 is 5.78 Å². The fraction of sp³-hybridized carbons (Fsp3) is 0.917. The fourth-order valence-corrected chi connectivity index (χ4v) is 2.03. The van der Waals surface area contributed by atoms with Crippen LogP contribution in [0, 0.1) is 11.8 Å². The summed E-state index contributed by atoms with van der Waals surface area (Å²) in [5, 5.41) is 9.61. The third-order valence-corrected chi connectivity index (χ3v) is 3.24. The normalized spacial score (nSPS) is 21.1. The lowest BCUT2D eigenvalue weighted by Gasteiger charge is -2.22. The van der Waals surface area contributed by atoms with Gasteiger partial charge in [-0.1, -0.05) is 33.1 Å². The van der Waals surface area contributed by atoms with Crippen molar-refractivity contribution in [2.24, 2.45) is 11.8 Å². The molecule has 1 aliphatic carbocycles. The molecule has 14 heavy (non-hydrogen) atoms. The average Bonchev–Trinajstić information content (AvgIpc) is 2.19. The van der Waals surface area contributed by atoms with Gasteiger partial charge in [0.25, 0.3) is 0 Å². The first-order valence-electron chi connectivity index (χ1n) is 5.82. The maximum atomic E-state index is 11.8. The number of ketones is 1. The lowest BCUT2D eigenvalue weighted by molar-refractivity contribution is -0.126. The quantitative estimate of drug-likeness (QED) is 0.753. The minimum absolute atomic E-state index is 0.197. The maximum absolute atomic E-state index is 11.8. The van der Waals surface area contributed by atoms with Crippen molar-refractivity contribution in [1.29, 1.82) is 0 Å². The number of Topliss-reactive ketones (excluding diaryl/α,β-unsaturated/α-hetero) is 1. The summed E-state index contributed by atoms with van der Waals surface area (Å²) in [6.07, 6.45) is 5.67. The summed E-state index contributed by atoms with van der Waals surface area (Å²) in [7, 11) is 0. The molecule has 0 aromatic carbocycles. The Morgan fingerprint density at radius 3 is 2.36 bits per heavy atom. The summed E-state index contributed by atoms with van der Waals surface area (Å²) < 4.78 is 0. The topological polar surface area (TPSA) is 37.3 Å². The molecule has 1 saturated carbocycles. The number of aliphatic hydroxyl groups is 1. The molecule has 0 amide bonds. The fourth-order valence-electron chi connectivity index (χ4n) is 2.03. The molecule has 0 saturated heterocycles. The molecule has 1 N–H and O–H groups in total.